The molecule has 0 aliphatic carbocycles. The van der Waals surface area contributed by atoms with Gasteiger partial charge in [0, 0.05) is 62.8 Å². The van der Waals surface area contributed by atoms with Crippen LogP contribution in [0.25, 0.3) is 0 Å². The number of carbonyl (C=O) groups is 2. The van der Waals surface area contributed by atoms with Crippen molar-refractivity contribution in [2.24, 2.45) is 5.92 Å². The van der Waals surface area contributed by atoms with Crippen molar-refractivity contribution < 1.29 is 14.3 Å². The first-order valence-electron chi connectivity index (χ1n) is 12.7. The van der Waals surface area contributed by atoms with Crippen LogP contribution in [0.5, 0.6) is 0 Å². The summed E-state index contributed by atoms with van der Waals surface area (Å²) < 4.78 is 6.02. The summed E-state index contributed by atoms with van der Waals surface area (Å²) in [5.41, 5.74) is 2.15. The van der Waals surface area contributed by atoms with Crippen molar-refractivity contribution in [2.45, 2.75) is 38.7 Å². The molecule has 7 heteroatoms. The monoisotopic (exact) mass is 497 g/mol. The molecule has 2 heterocycles. The predicted octanol–water partition coefficient (Wildman–Crippen LogP) is 4.27. The van der Waals surface area contributed by atoms with E-state index in [9.17, 15) is 9.59 Å². The highest BCUT2D eigenvalue weighted by Gasteiger charge is 2.30. The normalized spacial score (nSPS) is 19.5. The number of halogens is 1. The molecule has 2 saturated heterocycles. The maximum atomic E-state index is 13.6. The molecule has 188 valence electrons. The summed E-state index contributed by atoms with van der Waals surface area (Å²) in [6.45, 7) is 7.01. The van der Waals surface area contributed by atoms with Crippen molar-refractivity contribution in [1.82, 2.24) is 9.80 Å². The van der Waals surface area contributed by atoms with E-state index in [1.54, 1.807) is 6.92 Å². The summed E-state index contributed by atoms with van der Waals surface area (Å²) in [5, 5.41) is 0.628. The molecular weight excluding hydrogens is 462 g/mol. The van der Waals surface area contributed by atoms with Crippen LogP contribution in [-0.2, 0) is 20.7 Å². The van der Waals surface area contributed by atoms with Crippen molar-refractivity contribution in [3.05, 3.63) is 65.2 Å². The number of carbonyl (C=O) groups excluding carboxylic acids is 2. The minimum atomic E-state index is -0.0665. The third-order valence-electron chi connectivity index (χ3n) is 7.06. The Balaban J connectivity index is 1.34. The predicted molar refractivity (Wildman–Crippen MR) is 140 cm³/mol. The number of amides is 2. The number of ether oxygens (including phenoxy) is 1. The fraction of sp³-hybridized carbons (Fsp3) is 0.500. The zero-order valence-electron chi connectivity index (χ0n) is 20.6. The summed E-state index contributed by atoms with van der Waals surface area (Å²) in [5.74, 6) is 0.154. The molecule has 0 aromatic heterocycles. The average molecular weight is 498 g/mol. The Labute approximate surface area is 213 Å². The Morgan fingerprint density at radius 2 is 1.83 bits per heavy atom. The molecule has 2 aromatic rings. The minimum absolute atomic E-state index is 0.0665. The standard InChI is InChI=1S/C28H36ClN3O3/c1-22(33)31-15-11-24(12-16-31)28(34)32(26-10-5-9-25(29)20-26)14-6-13-30-17-18-35-27(21-30)19-23-7-3-2-4-8-23/h2-5,7-10,20,24,27H,6,11-19,21H2,1H3. The highest BCUT2D eigenvalue weighted by Crippen LogP contribution is 2.26. The van der Waals surface area contributed by atoms with Crippen LogP contribution in [0, 0.1) is 5.92 Å². The van der Waals surface area contributed by atoms with E-state index in [0.717, 1.165) is 44.8 Å². The maximum absolute atomic E-state index is 13.6. The molecule has 6 nitrogen and oxygen atoms in total. The molecule has 2 aliphatic rings. The lowest BCUT2D eigenvalue weighted by Gasteiger charge is -2.35. The van der Waals surface area contributed by atoms with Gasteiger partial charge in [-0.3, -0.25) is 14.5 Å². The molecule has 2 aromatic carbocycles. The Hall–Kier alpha value is -2.41. The van der Waals surface area contributed by atoms with Crippen LogP contribution in [0.15, 0.2) is 54.6 Å². The van der Waals surface area contributed by atoms with Crippen molar-refractivity contribution >= 4 is 29.1 Å². The van der Waals surface area contributed by atoms with Crippen LogP contribution >= 0.6 is 11.6 Å². The van der Waals surface area contributed by atoms with Crippen LogP contribution < -0.4 is 4.90 Å². The molecule has 2 fully saturated rings. The molecular formula is C28H36ClN3O3. The third kappa shape index (κ3) is 7.29. The molecule has 0 saturated carbocycles. The van der Waals surface area contributed by atoms with E-state index in [4.69, 9.17) is 16.3 Å². The smallest absolute Gasteiger partial charge is 0.230 e. The van der Waals surface area contributed by atoms with Crippen molar-refractivity contribution in [1.29, 1.82) is 0 Å². The second kappa shape index (κ2) is 12.5. The van der Waals surface area contributed by atoms with E-state index in [1.165, 1.54) is 5.56 Å². The van der Waals surface area contributed by atoms with Gasteiger partial charge in [-0.2, -0.15) is 0 Å². The molecule has 4 rings (SSSR count). The Morgan fingerprint density at radius 3 is 2.54 bits per heavy atom. The molecule has 0 spiro atoms. The molecule has 0 radical (unpaired) electrons. The largest absolute Gasteiger partial charge is 0.375 e. The van der Waals surface area contributed by atoms with Gasteiger partial charge < -0.3 is 14.5 Å². The van der Waals surface area contributed by atoms with Gasteiger partial charge in [0.05, 0.1) is 12.7 Å². The first kappa shape index (κ1) is 25.7. The fourth-order valence-electron chi connectivity index (χ4n) is 5.11. The van der Waals surface area contributed by atoms with E-state index in [1.807, 2.05) is 40.1 Å². The van der Waals surface area contributed by atoms with Gasteiger partial charge >= 0.3 is 0 Å². The van der Waals surface area contributed by atoms with Gasteiger partial charge in [-0.1, -0.05) is 48.0 Å². The topological polar surface area (TPSA) is 53.1 Å². The number of benzene rings is 2. The van der Waals surface area contributed by atoms with Crippen LogP contribution in [0.3, 0.4) is 0 Å². The summed E-state index contributed by atoms with van der Waals surface area (Å²) >= 11 is 6.27. The summed E-state index contributed by atoms with van der Waals surface area (Å²) in [7, 11) is 0. The van der Waals surface area contributed by atoms with E-state index >= 15 is 0 Å². The summed E-state index contributed by atoms with van der Waals surface area (Å²) in [4.78, 5) is 31.4. The highest BCUT2D eigenvalue weighted by atomic mass is 35.5. The number of morpholine rings is 1. The van der Waals surface area contributed by atoms with Crippen molar-refractivity contribution in [2.75, 3.05) is 50.8 Å². The third-order valence-corrected chi connectivity index (χ3v) is 7.30. The number of hydrogen-bond donors (Lipinski definition) is 0. The van der Waals surface area contributed by atoms with Gasteiger partial charge in [0.1, 0.15) is 0 Å². The second-order valence-corrected chi connectivity index (χ2v) is 10.0. The number of piperidine rings is 1. The lowest BCUT2D eigenvalue weighted by atomic mass is 9.94. The van der Waals surface area contributed by atoms with Gasteiger partial charge in [0.2, 0.25) is 11.8 Å². The Morgan fingerprint density at radius 1 is 1.06 bits per heavy atom. The first-order valence-corrected chi connectivity index (χ1v) is 13.1. The van der Waals surface area contributed by atoms with E-state index in [-0.39, 0.29) is 23.8 Å². The molecule has 1 atom stereocenters. The van der Waals surface area contributed by atoms with Gasteiger partial charge in [-0.25, -0.2) is 0 Å². The van der Waals surface area contributed by atoms with Gasteiger partial charge in [0.15, 0.2) is 0 Å². The molecule has 0 bridgehead atoms. The molecule has 35 heavy (non-hydrogen) atoms. The zero-order valence-corrected chi connectivity index (χ0v) is 21.3. The number of rotatable bonds is 8. The number of hydrogen-bond acceptors (Lipinski definition) is 4. The lowest BCUT2D eigenvalue weighted by Crippen LogP contribution is -2.46. The van der Waals surface area contributed by atoms with Crippen LogP contribution in [-0.4, -0.2) is 73.6 Å². The van der Waals surface area contributed by atoms with Gasteiger partial charge in [0.25, 0.3) is 0 Å². The summed E-state index contributed by atoms with van der Waals surface area (Å²) in [6, 6.07) is 18.0. The molecule has 1 unspecified atom stereocenters. The Bertz CT molecular complexity index is 978. The SMILES string of the molecule is CC(=O)N1CCC(C(=O)N(CCCN2CCOC(Cc3ccccc3)C2)c2cccc(Cl)c2)CC1. The fourth-order valence-corrected chi connectivity index (χ4v) is 5.29. The Kier molecular flexibility index (Phi) is 9.18. The second-order valence-electron chi connectivity index (χ2n) is 9.59. The maximum Gasteiger partial charge on any atom is 0.230 e. The van der Waals surface area contributed by atoms with Crippen molar-refractivity contribution in [3.63, 3.8) is 0 Å². The average Bonchev–Trinajstić information content (AvgIpc) is 2.87. The van der Waals surface area contributed by atoms with Crippen molar-refractivity contribution in [3.8, 4) is 0 Å². The van der Waals surface area contributed by atoms with Crippen LogP contribution in [0.4, 0.5) is 5.69 Å². The number of likely N-dealkylation sites (tertiary alicyclic amines) is 1. The van der Waals surface area contributed by atoms with Crippen LogP contribution in [0.2, 0.25) is 5.02 Å². The zero-order chi connectivity index (χ0) is 24.6. The van der Waals surface area contributed by atoms with Gasteiger partial charge in [-0.05, 0) is 49.4 Å². The minimum Gasteiger partial charge on any atom is -0.375 e. The quantitative estimate of drug-likeness (QED) is 0.546. The molecule has 2 amide bonds. The first-order chi connectivity index (χ1) is 17.0. The van der Waals surface area contributed by atoms with E-state index in [2.05, 4.69) is 29.2 Å². The van der Waals surface area contributed by atoms with Gasteiger partial charge in [-0.15, -0.1) is 0 Å². The highest BCUT2D eigenvalue weighted by molar-refractivity contribution is 6.30. The molecule has 2 aliphatic heterocycles. The lowest BCUT2D eigenvalue weighted by molar-refractivity contribution is -0.133. The summed E-state index contributed by atoms with van der Waals surface area (Å²) in [6.07, 6.45) is 3.41. The van der Waals surface area contributed by atoms with E-state index < -0.39 is 0 Å². The van der Waals surface area contributed by atoms with Crippen LogP contribution in [0.1, 0.15) is 31.7 Å². The number of nitrogens with zero attached hydrogens (tertiary/aromatic N) is 3. The number of anilines is 1. The molecule has 0 N–H and O–H groups in total. The van der Waals surface area contributed by atoms with E-state index in [0.29, 0.717) is 37.5 Å².